The van der Waals surface area contributed by atoms with Crippen LogP contribution < -0.4 is 5.43 Å². The van der Waals surface area contributed by atoms with Gasteiger partial charge in [0.1, 0.15) is 0 Å². The molecule has 0 amide bonds. The topological polar surface area (TPSA) is 72.3 Å². The van der Waals surface area contributed by atoms with Crippen molar-refractivity contribution in [2.24, 2.45) is 10.1 Å². The Hall–Kier alpha value is -2.11. The SMILES string of the molecule is CCOC(=O)/C(=N/NC)OC1C/C=C/C(C)=C\C=N/1. The van der Waals surface area contributed by atoms with Crippen molar-refractivity contribution in [3.63, 3.8) is 0 Å². The van der Waals surface area contributed by atoms with Crippen LogP contribution in [0.3, 0.4) is 0 Å². The zero-order chi connectivity index (χ0) is 14.1. The summed E-state index contributed by atoms with van der Waals surface area (Å²) in [6.07, 6.45) is 7.51. The van der Waals surface area contributed by atoms with Gasteiger partial charge in [-0.2, -0.15) is 0 Å². The second-order valence-electron chi connectivity index (χ2n) is 3.78. The van der Waals surface area contributed by atoms with Crippen molar-refractivity contribution in [2.45, 2.75) is 26.5 Å². The second kappa shape index (κ2) is 8.07. The summed E-state index contributed by atoms with van der Waals surface area (Å²) in [7, 11) is 1.58. The molecule has 104 valence electrons. The third kappa shape index (κ3) is 5.37. The molecular weight excluding hydrogens is 246 g/mol. The number of nitrogens with one attached hydrogen (secondary N) is 1. The van der Waals surface area contributed by atoms with E-state index in [-0.39, 0.29) is 12.5 Å². The molecule has 6 nitrogen and oxygen atoms in total. The molecule has 1 N–H and O–H groups in total. The summed E-state index contributed by atoms with van der Waals surface area (Å²) in [5.74, 6) is -0.731. The van der Waals surface area contributed by atoms with Gasteiger partial charge in [-0.3, -0.25) is 4.99 Å². The Balaban J connectivity index is 2.72. The zero-order valence-electron chi connectivity index (χ0n) is 11.4. The van der Waals surface area contributed by atoms with Gasteiger partial charge in [0, 0.05) is 19.7 Å². The van der Waals surface area contributed by atoms with Gasteiger partial charge in [0.25, 0.3) is 0 Å². The van der Waals surface area contributed by atoms with Gasteiger partial charge in [-0.15, -0.1) is 5.10 Å². The number of hydrogen-bond acceptors (Lipinski definition) is 6. The van der Waals surface area contributed by atoms with Crippen LogP contribution in [0.15, 0.2) is 33.9 Å². The smallest absolute Gasteiger partial charge is 0.395 e. The molecule has 1 rings (SSSR count). The number of allylic oxidation sites excluding steroid dienone is 3. The van der Waals surface area contributed by atoms with Crippen molar-refractivity contribution in [1.29, 1.82) is 0 Å². The van der Waals surface area contributed by atoms with Gasteiger partial charge in [0.2, 0.25) is 0 Å². The van der Waals surface area contributed by atoms with E-state index < -0.39 is 12.2 Å². The van der Waals surface area contributed by atoms with E-state index >= 15 is 0 Å². The minimum Gasteiger partial charge on any atom is -0.459 e. The van der Waals surface area contributed by atoms with E-state index in [2.05, 4.69) is 15.5 Å². The maximum atomic E-state index is 11.6. The molecule has 0 aromatic rings. The summed E-state index contributed by atoms with van der Waals surface area (Å²) in [5.41, 5.74) is 3.62. The van der Waals surface area contributed by atoms with E-state index in [0.29, 0.717) is 6.42 Å². The van der Waals surface area contributed by atoms with Crippen molar-refractivity contribution in [3.05, 3.63) is 23.8 Å². The molecule has 0 fully saturated rings. The number of hydrazone groups is 1. The summed E-state index contributed by atoms with van der Waals surface area (Å²) in [4.78, 5) is 15.8. The van der Waals surface area contributed by atoms with Gasteiger partial charge in [-0.05, 0) is 25.5 Å². The second-order valence-corrected chi connectivity index (χ2v) is 3.78. The Bertz CT molecular complexity index is 425. The molecular formula is C13H19N3O3. The highest BCUT2D eigenvalue weighted by Crippen LogP contribution is 2.08. The standard InChI is InChI=1S/C13H19N3O3/c1-4-18-13(17)12(16-14-3)19-11-7-5-6-10(2)8-9-15-11/h5-6,8-9,11,14H,4,7H2,1-3H3/b6-5+,10-8-,15-9-,16-12-. The van der Waals surface area contributed by atoms with Crippen LogP contribution in [0.1, 0.15) is 20.3 Å². The van der Waals surface area contributed by atoms with Crippen LogP contribution >= 0.6 is 0 Å². The van der Waals surface area contributed by atoms with Crippen molar-refractivity contribution >= 4 is 18.1 Å². The average molecular weight is 265 g/mol. The molecule has 0 radical (unpaired) electrons. The fourth-order valence-corrected chi connectivity index (χ4v) is 1.37. The van der Waals surface area contributed by atoms with E-state index in [1.807, 2.05) is 25.2 Å². The number of nitrogens with zero attached hydrogens (tertiary/aromatic N) is 2. The van der Waals surface area contributed by atoms with Crippen LogP contribution in [0.25, 0.3) is 0 Å². The van der Waals surface area contributed by atoms with Crippen LogP contribution in [0.4, 0.5) is 0 Å². The van der Waals surface area contributed by atoms with E-state index in [0.717, 1.165) is 5.57 Å². The molecule has 1 heterocycles. The minimum atomic E-state index is -0.607. The Kier molecular flexibility index (Phi) is 6.35. The van der Waals surface area contributed by atoms with Crippen molar-refractivity contribution in [1.82, 2.24) is 5.43 Å². The van der Waals surface area contributed by atoms with Gasteiger partial charge in [0.05, 0.1) is 6.61 Å². The lowest BCUT2D eigenvalue weighted by Gasteiger charge is -2.14. The summed E-state index contributed by atoms with van der Waals surface area (Å²) in [5, 5.41) is 3.76. The average Bonchev–Trinajstić information content (AvgIpc) is 2.35. The van der Waals surface area contributed by atoms with Gasteiger partial charge in [0.15, 0.2) is 6.23 Å². The first kappa shape index (κ1) is 14.9. The lowest BCUT2D eigenvalue weighted by molar-refractivity contribution is -0.137. The maximum absolute atomic E-state index is 11.6. The number of esters is 1. The number of rotatable bonds is 3. The molecule has 19 heavy (non-hydrogen) atoms. The van der Waals surface area contributed by atoms with Gasteiger partial charge < -0.3 is 14.9 Å². The molecule has 1 unspecified atom stereocenters. The molecule has 0 aliphatic carbocycles. The molecule has 0 bridgehead atoms. The number of hydrogen-bond donors (Lipinski definition) is 1. The molecule has 1 atom stereocenters. The van der Waals surface area contributed by atoms with E-state index in [1.54, 1.807) is 20.2 Å². The Morgan fingerprint density at radius 1 is 1.63 bits per heavy atom. The van der Waals surface area contributed by atoms with Crippen molar-refractivity contribution < 1.29 is 14.3 Å². The molecule has 0 aromatic carbocycles. The predicted octanol–water partition coefficient (Wildman–Crippen LogP) is 1.40. The van der Waals surface area contributed by atoms with Crippen molar-refractivity contribution in [3.8, 4) is 0 Å². The fraction of sp³-hybridized carbons (Fsp3) is 0.462. The van der Waals surface area contributed by atoms with Crippen LogP contribution in [0.2, 0.25) is 0 Å². The molecule has 0 spiro atoms. The number of ether oxygens (including phenoxy) is 2. The normalized spacial score (nSPS) is 25.3. The molecule has 0 saturated heterocycles. The summed E-state index contributed by atoms with van der Waals surface area (Å²) >= 11 is 0. The molecule has 1 aliphatic heterocycles. The quantitative estimate of drug-likeness (QED) is 0.362. The van der Waals surface area contributed by atoms with Gasteiger partial charge >= 0.3 is 11.9 Å². The summed E-state index contributed by atoms with van der Waals surface area (Å²) < 4.78 is 10.3. The minimum absolute atomic E-state index is 0.124. The summed E-state index contributed by atoms with van der Waals surface area (Å²) in [6, 6.07) is 0. The highest BCUT2D eigenvalue weighted by Gasteiger charge is 2.19. The van der Waals surface area contributed by atoms with Gasteiger partial charge in [-0.25, -0.2) is 4.79 Å². The number of aliphatic imine (C=N–C) groups is 1. The van der Waals surface area contributed by atoms with Crippen LogP contribution in [0.5, 0.6) is 0 Å². The molecule has 0 saturated carbocycles. The molecule has 6 heteroatoms. The van der Waals surface area contributed by atoms with Crippen LogP contribution in [0, 0.1) is 0 Å². The largest absolute Gasteiger partial charge is 0.459 e. The monoisotopic (exact) mass is 265 g/mol. The lowest BCUT2D eigenvalue weighted by atomic mass is 10.2. The van der Waals surface area contributed by atoms with Crippen LogP contribution in [-0.2, 0) is 14.3 Å². The third-order valence-corrected chi connectivity index (χ3v) is 2.22. The zero-order valence-corrected chi connectivity index (χ0v) is 11.4. The molecule has 1 aliphatic rings. The fourth-order valence-electron chi connectivity index (χ4n) is 1.37. The maximum Gasteiger partial charge on any atom is 0.395 e. The number of carbonyl (C=O) groups excluding carboxylic acids is 1. The Morgan fingerprint density at radius 3 is 3.11 bits per heavy atom. The first-order valence-corrected chi connectivity index (χ1v) is 6.12. The van der Waals surface area contributed by atoms with E-state index in [4.69, 9.17) is 9.47 Å². The predicted molar refractivity (Wildman–Crippen MR) is 74.0 cm³/mol. The molecule has 0 aromatic heterocycles. The first-order chi connectivity index (χ1) is 9.17. The highest BCUT2D eigenvalue weighted by molar-refractivity contribution is 6.32. The lowest BCUT2D eigenvalue weighted by Crippen LogP contribution is -2.27. The van der Waals surface area contributed by atoms with Crippen LogP contribution in [-0.4, -0.2) is 38.0 Å². The Labute approximate surface area is 112 Å². The number of carbonyl (C=O) groups is 1. The van der Waals surface area contributed by atoms with E-state index in [9.17, 15) is 4.79 Å². The van der Waals surface area contributed by atoms with Crippen molar-refractivity contribution in [2.75, 3.05) is 13.7 Å². The highest BCUT2D eigenvalue weighted by atomic mass is 16.6. The third-order valence-electron chi connectivity index (χ3n) is 2.22. The van der Waals surface area contributed by atoms with E-state index in [1.165, 1.54) is 0 Å². The first-order valence-electron chi connectivity index (χ1n) is 6.12. The Morgan fingerprint density at radius 2 is 2.42 bits per heavy atom. The summed E-state index contributed by atoms with van der Waals surface area (Å²) in [6.45, 7) is 3.97. The van der Waals surface area contributed by atoms with Gasteiger partial charge in [-0.1, -0.05) is 12.2 Å².